The van der Waals surface area contributed by atoms with Crippen molar-refractivity contribution in [2.45, 2.75) is 358 Å². The summed E-state index contributed by atoms with van der Waals surface area (Å²) >= 11 is 0. The molecule has 1 saturated heterocycles. The lowest BCUT2D eigenvalue weighted by atomic mass is 9.99. The number of nitrogens with one attached hydrogen (secondary N) is 1. The number of aliphatic hydroxyl groups is 5. The van der Waals surface area contributed by atoms with Crippen molar-refractivity contribution in [2.24, 2.45) is 0 Å². The largest absolute Gasteiger partial charge is 0.394 e. The van der Waals surface area contributed by atoms with E-state index < -0.39 is 49.5 Å². The first-order valence-electron chi connectivity index (χ1n) is 30.9. The van der Waals surface area contributed by atoms with Crippen molar-refractivity contribution in [3.63, 3.8) is 0 Å². The molecule has 1 amide bonds. The molecule has 70 heavy (non-hydrogen) atoms. The van der Waals surface area contributed by atoms with Gasteiger partial charge in [-0.2, -0.15) is 0 Å². The Bertz CT molecular complexity index is 1110. The molecule has 0 aliphatic carbocycles. The Kier molecular flexibility index (Phi) is 49.2. The minimum absolute atomic E-state index is 0.133. The highest BCUT2D eigenvalue weighted by Gasteiger charge is 2.44. The van der Waals surface area contributed by atoms with Crippen molar-refractivity contribution in [3.8, 4) is 0 Å². The van der Waals surface area contributed by atoms with Crippen LogP contribution in [0.15, 0.2) is 12.2 Å². The van der Waals surface area contributed by atoms with E-state index in [-0.39, 0.29) is 12.5 Å². The van der Waals surface area contributed by atoms with E-state index in [0.717, 1.165) is 38.5 Å². The summed E-state index contributed by atoms with van der Waals surface area (Å²) in [6.45, 7) is 3.82. The van der Waals surface area contributed by atoms with Crippen LogP contribution in [0, 0.1) is 0 Å². The molecule has 0 bridgehead atoms. The van der Waals surface area contributed by atoms with Gasteiger partial charge in [-0.1, -0.05) is 283 Å². The normalized spacial score (nSPS) is 19.3. The lowest BCUT2D eigenvalue weighted by Gasteiger charge is -2.40. The maximum atomic E-state index is 13.0. The van der Waals surface area contributed by atoms with Gasteiger partial charge in [-0.15, -0.1) is 0 Å². The van der Waals surface area contributed by atoms with Gasteiger partial charge in [0.2, 0.25) is 5.91 Å². The van der Waals surface area contributed by atoms with Crippen LogP contribution in [0.4, 0.5) is 0 Å². The van der Waals surface area contributed by atoms with Crippen LogP contribution in [0.5, 0.6) is 0 Å². The monoisotopic (exact) mass is 994 g/mol. The van der Waals surface area contributed by atoms with Crippen molar-refractivity contribution >= 4 is 5.91 Å². The zero-order valence-corrected chi connectivity index (χ0v) is 46.3. The number of unbranched alkanes of at least 4 members (excludes halogenated alkanes) is 42. The van der Waals surface area contributed by atoms with E-state index in [0.29, 0.717) is 12.8 Å². The Morgan fingerprint density at radius 2 is 0.800 bits per heavy atom. The molecular formula is C61H119NO8. The van der Waals surface area contributed by atoms with Gasteiger partial charge >= 0.3 is 0 Å². The Balaban J connectivity index is 1.95. The van der Waals surface area contributed by atoms with Crippen LogP contribution in [-0.4, -0.2) is 87.5 Å². The van der Waals surface area contributed by atoms with Gasteiger partial charge < -0.3 is 40.3 Å². The Morgan fingerprint density at radius 1 is 0.471 bits per heavy atom. The van der Waals surface area contributed by atoms with Crippen molar-refractivity contribution in [1.82, 2.24) is 5.32 Å². The van der Waals surface area contributed by atoms with Crippen molar-refractivity contribution < 1.29 is 39.8 Å². The first-order valence-corrected chi connectivity index (χ1v) is 30.9. The summed E-state index contributed by atoms with van der Waals surface area (Å²) in [5.74, 6) is -0.141. The summed E-state index contributed by atoms with van der Waals surface area (Å²) in [6.07, 6.45) is 57.5. The van der Waals surface area contributed by atoms with Gasteiger partial charge in [0.1, 0.15) is 24.4 Å². The van der Waals surface area contributed by atoms with Crippen LogP contribution >= 0.6 is 0 Å². The fraction of sp³-hybridized carbons (Fsp3) is 0.951. The fourth-order valence-electron chi connectivity index (χ4n) is 10.2. The predicted molar refractivity (Wildman–Crippen MR) is 295 cm³/mol. The second-order valence-electron chi connectivity index (χ2n) is 21.9. The molecule has 0 aromatic heterocycles. The topological polar surface area (TPSA) is 149 Å². The van der Waals surface area contributed by atoms with Gasteiger partial charge in [0.15, 0.2) is 6.29 Å². The molecule has 0 aromatic carbocycles. The smallest absolute Gasteiger partial charge is 0.220 e. The molecule has 0 saturated carbocycles. The van der Waals surface area contributed by atoms with Gasteiger partial charge in [-0.3, -0.25) is 4.79 Å². The molecule has 9 nitrogen and oxygen atoms in total. The zero-order valence-electron chi connectivity index (χ0n) is 46.3. The molecule has 1 fully saturated rings. The van der Waals surface area contributed by atoms with E-state index in [2.05, 4.69) is 31.3 Å². The quantitative estimate of drug-likeness (QED) is 0.0261. The summed E-state index contributed by atoms with van der Waals surface area (Å²) in [6, 6.07) is -0.712. The number of amides is 1. The highest BCUT2D eigenvalue weighted by molar-refractivity contribution is 5.76. The number of aliphatic hydroxyl groups excluding tert-OH is 5. The minimum Gasteiger partial charge on any atom is -0.394 e. The maximum absolute atomic E-state index is 13.0. The van der Waals surface area contributed by atoms with Gasteiger partial charge in [0, 0.05) is 6.42 Å². The Labute approximate surface area is 433 Å². The number of carbonyl (C=O) groups is 1. The molecule has 1 aliphatic heterocycles. The predicted octanol–water partition coefficient (Wildman–Crippen LogP) is 15.6. The molecule has 0 radical (unpaired) electrons. The molecule has 1 heterocycles. The molecule has 7 unspecified atom stereocenters. The summed E-state index contributed by atoms with van der Waals surface area (Å²) in [7, 11) is 0. The number of ether oxygens (including phenoxy) is 2. The van der Waals surface area contributed by atoms with Crippen LogP contribution in [0.25, 0.3) is 0 Å². The molecule has 416 valence electrons. The first kappa shape index (κ1) is 66.9. The Morgan fingerprint density at radius 3 is 1.16 bits per heavy atom. The third kappa shape index (κ3) is 40.3. The third-order valence-electron chi connectivity index (χ3n) is 15.1. The average molecular weight is 995 g/mol. The zero-order chi connectivity index (χ0) is 50.8. The molecule has 9 heteroatoms. The second kappa shape index (κ2) is 51.4. The summed E-state index contributed by atoms with van der Waals surface area (Å²) in [4.78, 5) is 13.0. The van der Waals surface area contributed by atoms with E-state index in [1.54, 1.807) is 0 Å². The standard InChI is InChI=1S/C61H119NO8/c1-3-5-7-9-11-13-14-15-16-17-18-19-20-21-22-23-24-25-26-27-28-29-30-31-32-33-34-35-36-37-38-39-40-41-42-43-45-47-49-51-57(65)62-54(55(64)50-48-46-44-12-10-8-6-4-2)53-69-61-60(68)59(67)58(66)56(52-63)70-61/h17-18,54-56,58-61,63-64,66-68H,3-16,19-53H2,1-2H3,(H,62,65)/b18-17-. The van der Waals surface area contributed by atoms with E-state index >= 15 is 0 Å². The van der Waals surface area contributed by atoms with Crippen LogP contribution in [0.2, 0.25) is 0 Å². The van der Waals surface area contributed by atoms with Crippen molar-refractivity contribution in [1.29, 1.82) is 0 Å². The lowest BCUT2D eigenvalue weighted by Crippen LogP contribution is -2.60. The molecular weight excluding hydrogens is 875 g/mol. The van der Waals surface area contributed by atoms with Gasteiger partial charge in [-0.25, -0.2) is 0 Å². The number of rotatable bonds is 54. The van der Waals surface area contributed by atoms with Crippen LogP contribution in [0.1, 0.15) is 316 Å². The van der Waals surface area contributed by atoms with Gasteiger partial charge in [0.05, 0.1) is 25.4 Å². The highest BCUT2D eigenvalue weighted by Crippen LogP contribution is 2.23. The van der Waals surface area contributed by atoms with E-state index in [1.807, 2.05) is 0 Å². The van der Waals surface area contributed by atoms with Crippen molar-refractivity contribution in [3.05, 3.63) is 12.2 Å². The van der Waals surface area contributed by atoms with E-state index in [4.69, 9.17) is 9.47 Å². The lowest BCUT2D eigenvalue weighted by molar-refractivity contribution is -0.302. The summed E-state index contributed by atoms with van der Waals surface area (Å²) in [5.41, 5.74) is 0. The van der Waals surface area contributed by atoms with E-state index in [9.17, 15) is 30.3 Å². The third-order valence-corrected chi connectivity index (χ3v) is 15.1. The van der Waals surface area contributed by atoms with Crippen LogP contribution in [-0.2, 0) is 14.3 Å². The molecule has 1 aliphatic rings. The van der Waals surface area contributed by atoms with Crippen molar-refractivity contribution in [2.75, 3.05) is 13.2 Å². The Hall–Kier alpha value is -1.07. The SMILES string of the molecule is CCCCCCCCCC/C=C\CCCCCCCCCCCCCCCCCCCCCCCCCCCCCC(=O)NC(COC1OC(CO)C(O)C(O)C1O)C(O)CCCCCCCCCC. The van der Waals surface area contributed by atoms with Crippen LogP contribution < -0.4 is 5.32 Å². The van der Waals surface area contributed by atoms with Gasteiger partial charge in [-0.05, 0) is 38.5 Å². The van der Waals surface area contributed by atoms with Gasteiger partial charge in [0.25, 0.3) is 0 Å². The first-order chi connectivity index (χ1) is 34.3. The molecule has 1 rings (SSSR count). The van der Waals surface area contributed by atoms with E-state index in [1.165, 1.54) is 250 Å². The molecule has 6 N–H and O–H groups in total. The van der Waals surface area contributed by atoms with Crippen LogP contribution in [0.3, 0.4) is 0 Å². The number of hydrogen-bond donors (Lipinski definition) is 6. The minimum atomic E-state index is -1.55. The maximum Gasteiger partial charge on any atom is 0.220 e. The molecule has 0 aromatic rings. The summed E-state index contributed by atoms with van der Waals surface area (Å²) in [5, 5.41) is 54.3. The highest BCUT2D eigenvalue weighted by atomic mass is 16.7. The average Bonchev–Trinajstić information content (AvgIpc) is 3.36. The number of allylic oxidation sites excluding steroid dienone is 2. The second-order valence-corrected chi connectivity index (χ2v) is 21.9. The fourth-order valence-corrected chi connectivity index (χ4v) is 10.2. The molecule has 7 atom stereocenters. The number of hydrogen-bond acceptors (Lipinski definition) is 8. The summed E-state index contributed by atoms with van der Waals surface area (Å²) < 4.78 is 11.3. The number of carbonyl (C=O) groups excluding carboxylic acids is 1. The molecule has 0 spiro atoms.